The fourth-order valence-corrected chi connectivity index (χ4v) is 3.50. The molecule has 10 heteroatoms. The van der Waals surface area contributed by atoms with Gasteiger partial charge in [-0.3, -0.25) is 0 Å². The number of rotatable bonds is 7. The highest BCUT2D eigenvalue weighted by molar-refractivity contribution is 9.10. The molecule has 0 aliphatic carbocycles. The summed E-state index contributed by atoms with van der Waals surface area (Å²) >= 11 is 15.9. The minimum atomic E-state index is -1.50. The quantitative estimate of drug-likeness (QED) is 0.323. The third-order valence-electron chi connectivity index (χ3n) is 3.94. The Morgan fingerprint density at radius 1 is 1.24 bits per heavy atom. The molecule has 3 aromatic rings. The second-order valence-corrected chi connectivity index (χ2v) is 7.71. The summed E-state index contributed by atoms with van der Waals surface area (Å²) in [6, 6.07) is 13.5. The summed E-state index contributed by atoms with van der Waals surface area (Å²) in [5.74, 6) is 1.06. The number of aromatic nitrogens is 2. The Morgan fingerprint density at radius 2 is 1.93 bits per heavy atom. The lowest BCUT2D eigenvalue weighted by atomic mass is 9.95. The van der Waals surface area contributed by atoms with Crippen molar-refractivity contribution in [1.29, 1.82) is 0 Å². The molecule has 1 unspecified atom stereocenters. The van der Waals surface area contributed by atoms with Gasteiger partial charge in [0.25, 0.3) is 5.09 Å². The van der Waals surface area contributed by atoms with Gasteiger partial charge in [-0.05, 0) is 48.4 Å². The maximum absolute atomic E-state index is 8.36. The van der Waals surface area contributed by atoms with Crippen LogP contribution in [0.5, 0.6) is 5.75 Å². The molecule has 1 atom stereocenters. The van der Waals surface area contributed by atoms with Gasteiger partial charge in [-0.1, -0.05) is 45.2 Å². The largest absolute Gasteiger partial charge is 0.494 e. The molecule has 3 rings (SSSR count). The number of hydrogen-bond donors (Lipinski definition) is 1. The molecule has 0 amide bonds. The molecular weight excluding hydrogens is 485 g/mol. The van der Waals surface area contributed by atoms with Crippen molar-refractivity contribution >= 4 is 39.1 Å². The van der Waals surface area contributed by atoms with Gasteiger partial charge in [-0.2, -0.15) is 0 Å². The molecule has 0 fully saturated rings. The van der Waals surface area contributed by atoms with E-state index in [1.807, 2.05) is 48.9 Å². The van der Waals surface area contributed by atoms with Crippen molar-refractivity contribution < 1.29 is 15.0 Å². The van der Waals surface area contributed by atoms with Gasteiger partial charge in [-0.25, -0.2) is 4.98 Å². The Bertz CT molecular complexity index is 904. The Morgan fingerprint density at radius 3 is 2.52 bits per heavy atom. The third-order valence-corrected chi connectivity index (χ3v) is 5.03. The summed E-state index contributed by atoms with van der Waals surface area (Å²) in [6.45, 7) is 1.38. The summed E-state index contributed by atoms with van der Waals surface area (Å²) in [4.78, 5) is 12.5. The summed E-state index contributed by atoms with van der Waals surface area (Å²) in [6.07, 6.45) is 6.37. The smallest absolute Gasteiger partial charge is 0.291 e. The number of ether oxygens (including phenoxy) is 1. The molecule has 154 valence electrons. The van der Waals surface area contributed by atoms with Crippen molar-refractivity contribution in [3.63, 3.8) is 0 Å². The van der Waals surface area contributed by atoms with Crippen LogP contribution >= 0.6 is 39.1 Å². The molecule has 29 heavy (non-hydrogen) atoms. The topological polar surface area (TPSA) is 90.4 Å². The van der Waals surface area contributed by atoms with Crippen LogP contribution in [0.2, 0.25) is 10.0 Å². The Labute approximate surface area is 186 Å². The lowest BCUT2D eigenvalue weighted by Gasteiger charge is -2.20. The van der Waals surface area contributed by atoms with E-state index >= 15 is 0 Å². The minimum Gasteiger partial charge on any atom is -0.494 e. The van der Waals surface area contributed by atoms with Crippen molar-refractivity contribution in [3.05, 3.63) is 91.4 Å². The van der Waals surface area contributed by atoms with E-state index < -0.39 is 5.09 Å². The predicted octanol–water partition coefficient (Wildman–Crippen LogP) is 5.86. The Hall–Kier alpha value is -2.29. The van der Waals surface area contributed by atoms with Gasteiger partial charge < -0.3 is 14.5 Å². The van der Waals surface area contributed by atoms with Crippen LogP contribution in [-0.2, 0) is 6.54 Å². The first-order chi connectivity index (χ1) is 13.8. The number of halogens is 3. The van der Waals surface area contributed by atoms with Gasteiger partial charge in [0, 0.05) is 39.4 Å². The lowest BCUT2D eigenvalue weighted by molar-refractivity contribution is -0.742. The van der Waals surface area contributed by atoms with Gasteiger partial charge in [0.2, 0.25) is 0 Å². The molecule has 7 nitrogen and oxygen atoms in total. The Kier molecular flexibility index (Phi) is 9.24. The SMILES string of the molecule is Clc1ccc(C(CCOc2ccc(Br)cc2)Cn2ccnc2)c(Cl)c1.O=[N+]([O-])O. The van der Waals surface area contributed by atoms with Gasteiger partial charge >= 0.3 is 0 Å². The van der Waals surface area contributed by atoms with E-state index in [9.17, 15) is 0 Å². The number of imidazole rings is 1. The van der Waals surface area contributed by atoms with Crippen molar-refractivity contribution in [2.24, 2.45) is 0 Å². The number of benzene rings is 2. The van der Waals surface area contributed by atoms with E-state index in [4.69, 9.17) is 43.3 Å². The van der Waals surface area contributed by atoms with Crippen molar-refractivity contribution in [2.45, 2.75) is 18.9 Å². The van der Waals surface area contributed by atoms with Crippen molar-refractivity contribution in [1.82, 2.24) is 9.55 Å². The Balaban J connectivity index is 0.000000687. The van der Waals surface area contributed by atoms with Crippen LogP contribution in [0.15, 0.2) is 65.7 Å². The van der Waals surface area contributed by atoms with Crippen LogP contribution in [-0.4, -0.2) is 26.5 Å². The zero-order valence-corrected chi connectivity index (χ0v) is 18.2. The molecule has 0 spiro atoms. The molecule has 1 aromatic heterocycles. The fourth-order valence-electron chi connectivity index (χ4n) is 2.68. The van der Waals surface area contributed by atoms with Crippen LogP contribution in [0, 0.1) is 10.1 Å². The molecule has 2 aromatic carbocycles. The van der Waals surface area contributed by atoms with Crippen LogP contribution < -0.4 is 4.74 Å². The fraction of sp³-hybridized carbons (Fsp3) is 0.211. The molecule has 1 N–H and O–H groups in total. The van der Waals surface area contributed by atoms with E-state index in [1.165, 1.54) is 0 Å². The standard InChI is InChI=1S/C19H17BrCl2N2O.HNO3/c20-15-1-4-17(5-2-15)25-10-7-14(12-24-9-8-23-13-24)18-6-3-16(21)11-19(18)22;2-1(3)4/h1-6,8-9,11,13-14H,7,10,12H2;(H,2,3,4). The second-order valence-electron chi connectivity index (χ2n) is 5.95. The first-order valence-electron chi connectivity index (χ1n) is 8.47. The molecule has 0 aliphatic rings. The van der Waals surface area contributed by atoms with Gasteiger partial charge in [0.1, 0.15) is 5.75 Å². The average molecular weight is 503 g/mol. The van der Waals surface area contributed by atoms with E-state index in [0.29, 0.717) is 16.7 Å². The summed E-state index contributed by atoms with van der Waals surface area (Å²) in [7, 11) is 0. The highest BCUT2D eigenvalue weighted by atomic mass is 79.9. The van der Waals surface area contributed by atoms with Gasteiger partial charge in [-0.15, -0.1) is 10.1 Å². The average Bonchev–Trinajstić information content (AvgIpc) is 3.15. The van der Waals surface area contributed by atoms with E-state index in [-0.39, 0.29) is 5.92 Å². The maximum atomic E-state index is 8.36. The van der Waals surface area contributed by atoms with Crippen LogP contribution in [0.3, 0.4) is 0 Å². The minimum absolute atomic E-state index is 0.203. The molecule has 0 saturated heterocycles. The first-order valence-corrected chi connectivity index (χ1v) is 10.0. The van der Waals surface area contributed by atoms with Crippen LogP contribution in [0.1, 0.15) is 17.9 Å². The van der Waals surface area contributed by atoms with Crippen LogP contribution in [0.25, 0.3) is 0 Å². The normalized spacial score (nSPS) is 11.3. The molecule has 0 bridgehead atoms. The van der Waals surface area contributed by atoms with Crippen LogP contribution in [0.4, 0.5) is 0 Å². The zero-order chi connectivity index (χ0) is 21.2. The van der Waals surface area contributed by atoms with E-state index in [1.54, 1.807) is 12.3 Å². The van der Waals surface area contributed by atoms with E-state index in [2.05, 4.69) is 25.5 Å². The number of hydrogen-bond acceptors (Lipinski definition) is 4. The molecule has 0 radical (unpaired) electrons. The first kappa shape index (κ1) is 23.0. The third kappa shape index (κ3) is 8.31. The van der Waals surface area contributed by atoms with Crippen molar-refractivity contribution in [2.75, 3.05) is 6.61 Å². The molecule has 1 heterocycles. The summed E-state index contributed by atoms with van der Waals surface area (Å²) in [5, 5.41) is 15.0. The monoisotopic (exact) mass is 501 g/mol. The summed E-state index contributed by atoms with van der Waals surface area (Å²) < 4.78 is 8.96. The maximum Gasteiger partial charge on any atom is 0.291 e. The van der Waals surface area contributed by atoms with Gasteiger partial charge in [0.15, 0.2) is 0 Å². The highest BCUT2D eigenvalue weighted by Gasteiger charge is 2.16. The second kappa shape index (κ2) is 11.6. The highest BCUT2D eigenvalue weighted by Crippen LogP contribution is 2.31. The van der Waals surface area contributed by atoms with E-state index in [0.717, 1.165) is 28.8 Å². The number of nitrogens with zero attached hydrogens (tertiary/aromatic N) is 3. The van der Waals surface area contributed by atoms with Crippen molar-refractivity contribution in [3.8, 4) is 5.75 Å². The van der Waals surface area contributed by atoms with Gasteiger partial charge in [0.05, 0.1) is 12.9 Å². The molecule has 0 aliphatic heterocycles. The zero-order valence-electron chi connectivity index (χ0n) is 15.1. The predicted molar refractivity (Wildman–Crippen MR) is 114 cm³/mol. The lowest BCUT2D eigenvalue weighted by Crippen LogP contribution is -2.12. The molecule has 0 saturated carbocycles. The summed E-state index contributed by atoms with van der Waals surface area (Å²) in [5.41, 5.74) is 1.07. The molecular formula is C19H18BrCl2N3O4.